The van der Waals surface area contributed by atoms with Crippen LogP contribution in [0.15, 0.2) is 47.5 Å². The summed E-state index contributed by atoms with van der Waals surface area (Å²) in [5, 5.41) is 12.9. The van der Waals surface area contributed by atoms with Crippen LogP contribution in [0.4, 0.5) is 0 Å². The summed E-state index contributed by atoms with van der Waals surface area (Å²) in [6.45, 7) is 4.13. The fourth-order valence-electron chi connectivity index (χ4n) is 2.79. The third kappa shape index (κ3) is 6.09. The Morgan fingerprint density at radius 3 is 2.63 bits per heavy atom. The lowest BCUT2D eigenvalue weighted by Gasteiger charge is -2.23. The van der Waals surface area contributed by atoms with Crippen LogP contribution < -0.4 is 14.8 Å². The molecule has 0 unspecified atom stereocenters. The van der Waals surface area contributed by atoms with Crippen LogP contribution in [0.3, 0.4) is 0 Å². The van der Waals surface area contributed by atoms with E-state index in [1.807, 2.05) is 44.3 Å². The Morgan fingerprint density at radius 2 is 1.96 bits per heavy atom. The van der Waals surface area contributed by atoms with Gasteiger partial charge in [-0.2, -0.15) is 0 Å². The number of phenols is 1. The Labute approximate surface area is 161 Å². The van der Waals surface area contributed by atoms with Crippen LogP contribution in [-0.2, 0) is 13.0 Å². The van der Waals surface area contributed by atoms with Gasteiger partial charge < -0.3 is 24.8 Å². The molecule has 0 aromatic heterocycles. The van der Waals surface area contributed by atoms with Gasteiger partial charge in [0.2, 0.25) is 0 Å². The Kier molecular flexibility index (Phi) is 7.79. The summed E-state index contributed by atoms with van der Waals surface area (Å²) >= 11 is 0. The molecule has 6 heteroatoms. The molecule has 0 bridgehead atoms. The highest BCUT2D eigenvalue weighted by Gasteiger charge is 2.11. The summed E-state index contributed by atoms with van der Waals surface area (Å²) in [5.41, 5.74) is 2.12. The number of methoxy groups -OCH3 is 2. The number of nitrogens with zero attached hydrogens (tertiary/aromatic N) is 2. The molecule has 0 amide bonds. The van der Waals surface area contributed by atoms with Gasteiger partial charge in [-0.05, 0) is 43.2 Å². The normalized spacial score (nSPS) is 11.2. The zero-order valence-electron chi connectivity index (χ0n) is 16.5. The van der Waals surface area contributed by atoms with Crippen LogP contribution >= 0.6 is 0 Å². The molecule has 0 atom stereocenters. The van der Waals surface area contributed by atoms with Crippen molar-refractivity contribution in [1.29, 1.82) is 0 Å². The standard InChI is InChI=1S/C21H29N3O3/c1-5-22-21(23-12-11-16-7-6-8-18(25)13-16)24(2)15-17-9-10-19(26-3)14-20(17)27-4/h6-10,13-14,25H,5,11-12,15H2,1-4H3,(H,22,23). The molecular formula is C21H29N3O3. The first-order valence-corrected chi connectivity index (χ1v) is 9.05. The Hall–Kier alpha value is -2.89. The van der Waals surface area contributed by atoms with Gasteiger partial charge in [0.15, 0.2) is 5.96 Å². The summed E-state index contributed by atoms with van der Waals surface area (Å²) in [6.07, 6.45) is 0.767. The molecule has 0 fully saturated rings. The van der Waals surface area contributed by atoms with Crippen molar-refractivity contribution in [3.05, 3.63) is 53.6 Å². The van der Waals surface area contributed by atoms with Gasteiger partial charge in [0.25, 0.3) is 0 Å². The van der Waals surface area contributed by atoms with Crippen LogP contribution in [0.1, 0.15) is 18.1 Å². The monoisotopic (exact) mass is 371 g/mol. The van der Waals surface area contributed by atoms with Gasteiger partial charge in [-0.3, -0.25) is 4.99 Å². The molecule has 0 heterocycles. The van der Waals surface area contributed by atoms with Crippen molar-refractivity contribution >= 4 is 5.96 Å². The highest BCUT2D eigenvalue weighted by atomic mass is 16.5. The fraction of sp³-hybridized carbons (Fsp3) is 0.381. The van der Waals surface area contributed by atoms with E-state index < -0.39 is 0 Å². The maximum absolute atomic E-state index is 9.57. The minimum Gasteiger partial charge on any atom is -0.508 e. The summed E-state index contributed by atoms with van der Waals surface area (Å²) < 4.78 is 10.7. The quantitative estimate of drug-likeness (QED) is 0.551. The highest BCUT2D eigenvalue weighted by molar-refractivity contribution is 5.79. The number of benzene rings is 2. The summed E-state index contributed by atoms with van der Waals surface area (Å²) in [6, 6.07) is 13.1. The molecule has 2 aromatic carbocycles. The van der Waals surface area contributed by atoms with Gasteiger partial charge in [0.1, 0.15) is 17.2 Å². The maximum Gasteiger partial charge on any atom is 0.193 e. The molecule has 2 N–H and O–H groups in total. The summed E-state index contributed by atoms with van der Waals surface area (Å²) in [5.74, 6) is 2.67. The van der Waals surface area contributed by atoms with Crippen molar-refractivity contribution < 1.29 is 14.6 Å². The van der Waals surface area contributed by atoms with Gasteiger partial charge in [0, 0.05) is 38.3 Å². The number of ether oxygens (including phenoxy) is 2. The van der Waals surface area contributed by atoms with E-state index in [1.54, 1.807) is 26.4 Å². The molecule has 146 valence electrons. The van der Waals surface area contributed by atoms with E-state index in [2.05, 4.69) is 10.2 Å². The number of guanidine groups is 1. The first-order valence-electron chi connectivity index (χ1n) is 9.05. The topological polar surface area (TPSA) is 66.3 Å². The average Bonchev–Trinajstić information content (AvgIpc) is 2.67. The molecule has 27 heavy (non-hydrogen) atoms. The Balaban J connectivity index is 2.06. The third-order valence-electron chi connectivity index (χ3n) is 4.17. The van der Waals surface area contributed by atoms with Crippen molar-refractivity contribution in [2.45, 2.75) is 19.9 Å². The molecule has 0 radical (unpaired) electrons. The second-order valence-electron chi connectivity index (χ2n) is 6.19. The van der Waals surface area contributed by atoms with Crippen LogP contribution in [0.25, 0.3) is 0 Å². The number of rotatable bonds is 8. The predicted octanol–water partition coefficient (Wildman–Crippen LogP) is 3.05. The molecular weight excluding hydrogens is 342 g/mol. The largest absolute Gasteiger partial charge is 0.508 e. The maximum atomic E-state index is 9.57. The Morgan fingerprint density at radius 1 is 1.15 bits per heavy atom. The van der Waals surface area contributed by atoms with E-state index in [1.165, 1.54) is 0 Å². The van der Waals surface area contributed by atoms with Gasteiger partial charge in [0.05, 0.1) is 14.2 Å². The number of hydrogen-bond acceptors (Lipinski definition) is 4. The van der Waals surface area contributed by atoms with Crippen LogP contribution in [0.5, 0.6) is 17.2 Å². The second kappa shape index (κ2) is 10.3. The van der Waals surface area contributed by atoms with E-state index in [-0.39, 0.29) is 5.75 Å². The lowest BCUT2D eigenvalue weighted by atomic mass is 10.1. The molecule has 2 rings (SSSR count). The third-order valence-corrected chi connectivity index (χ3v) is 4.17. The number of phenolic OH excluding ortho intramolecular Hbond substituents is 1. The minimum atomic E-state index is 0.284. The smallest absolute Gasteiger partial charge is 0.193 e. The highest BCUT2D eigenvalue weighted by Crippen LogP contribution is 2.25. The molecule has 0 saturated heterocycles. The number of nitrogens with one attached hydrogen (secondary N) is 1. The van der Waals surface area contributed by atoms with E-state index >= 15 is 0 Å². The van der Waals surface area contributed by atoms with E-state index in [4.69, 9.17) is 14.5 Å². The molecule has 0 aliphatic heterocycles. The van der Waals surface area contributed by atoms with Gasteiger partial charge in [-0.1, -0.05) is 12.1 Å². The number of aliphatic imine (C=N–C) groups is 1. The predicted molar refractivity (Wildman–Crippen MR) is 109 cm³/mol. The minimum absolute atomic E-state index is 0.284. The first kappa shape index (κ1) is 20.4. The van der Waals surface area contributed by atoms with Crippen molar-refractivity contribution in [3.63, 3.8) is 0 Å². The van der Waals surface area contributed by atoms with Crippen LogP contribution in [0.2, 0.25) is 0 Å². The number of aromatic hydroxyl groups is 1. The van der Waals surface area contributed by atoms with Gasteiger partial charge in [-0.15, -0.1) is 0 Å². The summed E-state index contributed by atoms with van der Waals surface area (Å²) in [7, 11) is 5.30. The molecule has 0 saturated carbocycles. The molecule has 6 nitrogen and oxygen atoms in total. The van der Waals surface area contributed by atoms with Crippen LogP contribution in [0, 0.1) is 0 Å². The first-order chi connectivity index (χ1) is 13.1. The van der Waals surface area contributed by atoms with E-state index in [0.717, 1.165) is 41.6 Å². The Bertz CT molecular complexity index is 762. The van der Waals surface area contributed by atoms with Crippen molar-refractivity contribution in [1.82, 2.24) is 10.2 Å². The molecule has 0 aliphatic rings. The van der Waals surface area contributed by atoms with Crippen molar-refractivity contribution in [3.8, 4) is 17.2 Å². The van der Waals surface area contributed by atoms with Crippen molar-refractivity contribution in [2.75, 3.05) is 34.4 Å². The lowest BCUT2D eigenvalue weighted by Crippen LogP contribution is -2.38. The van der Waals surface area contributed by atoms with E-state index in [0.29, 0.717) is 13.1 Å². The zero-order chi connectivity index (χ0) is 19.6. The average molecular weight is 371 g/mol. The van der Waals surface area contributed by atoms with Gasteiger partial charge >= 0.3 is 0 Å². The van der Waals surface area contributed by atoms with Gasteiger partial charge in [-0.25, -0.2) is 0 Å². The second-order valence-corrected chi connectivity index (χ2v) is 6.19. The SMILES string of the molecule is CCNC(=NCCc1cccc(O)c1)N(C)Cc1ccc(OC)cc1OC. The lowest BCUT2D eigenvalue weighted by molar-refractivity contribution is 0.382. The zero-order valence-corrected chi connectivity index (χ0v) is 16.5. The summed E-state index contributed by atoms with van der Waals surface area (Å²) in [4.78, 5) is 6.77. The van der Waals surface area contributed by atoms with Crippen LogP contribution in [-0.4, -0.2) is 50.3 Å². The van der Waals surface area contributed by atoms with E-state index in [9.17, 15) is 5.11 Å². The molecule has 0 spiro atoms. The van der Waals surface area contributed by atoms with Crippen molar-refractivity contribution in [2.24, 2.45) is 4.99 Å². The fourth-order valence-corrected chi connectivity index (χ4v) is 2.79. The molecule has 2 aromatic rings. The number of hydrogen-bond donors (Lipinski definition) is 2. The molecule has 0 aliphatic carbocycles.